The Morgan fingerprint density at radius 2 is 1.83 bits per heavy atom. The standard InChI is InChI=1S/C18H33N3O2/c1-4-7-15(17(22)18(23)20-14-10-11-14)19-12-13-8-5-6-9-16(13)21(2)3/h13-16,19H,4-12H2,1-3H3,(H,20,23)/t13-,15?,16-/m0/s1. The number of nitrogens with one attached hydrogen (secondary N) is 2. The lowest BCUT2D eigenvalue weighted by Gasteiger charge is -2.37. The molecule has 2 aliphatic rings. The predicted molar refractivity (Wildman–Crippen MR) is 92.3 cm³/mol. The van der Waals surface area contributed by atoms with Gasteiger partial charge in [-0.1, -0.05) is 26.2 Å². The first kappa shape index (κ1) is 18.4. The number of rotatable bonds is 9. The second-order valence-electron chi connectivity index (χ2n) is 7.44. The number of ketones is 1. The highest BCUT2D eigenvalue weighted by molar-refractivity contribution is 6.38. The average molecular weight is 323 g/mol. The zero-order valence-corrected chi connectivity index (χ0v) is 14.9. The maximum absolute atomic E-state index is 12.4. The summed E-state index contributed by atoms with van der Waals surface area (Å²) in [5.74, 6) is -0.111. The van der Waals surface area contributed by atoms with Crippen LogP contribution in [0.25, 0.3) is 0 Å². The van der Waals surface area contributed by atoms with Crippen molar-refractivity contribution in [3.8, 4) is 0 Å². The summed E-state index contributed by atoms with van der Waals surface area (Å²) in [6, 6.07) is 0.489. The highest BCUT2D eigenvalue weighted by Gasteiger charge is 2.32. The van der Waals surface area contributed by atoms with Gasteiger partial charge in [0.1, 0.15) is 0 Å². The number of hydrogen-bond donors (Lipinski definition) is 2. The van der Waals surface area contributed by atoms with Gasteiger partial charge in [0.05, 0.1) is 6.04 Å². The monoisotopic (exact) mass is 323 g/mol. The topological polar surface area (TPSA) is 61.4 Å². The molecule has 2 rings (SSSR count). The quantitative estimate of drug-likeness (QED) is 0.634. The Bertz CT molecular complexity index is 407. The van der Waals surface area contributed by atoms with Crippen LogP contribution in [0, 0.1) is 5.92 Å². The maximum Gasteiger partial charge on any atom is 0.289 e. The Labute approximate surface area is 140 Å². The minimum atomic E-state index is -0.397. The van der Waals surface area contributed by atoms with Gasteiger partial charge in [-0.15, -0.1) is 0 Å². The highest BCUT2D eigenvalue weighted by atomic mass is 16.2. The van der Waals surface area contributed by atoms with Crippen LogP contribution in [0.3, 0.4) is 0 Å². The number of carbonyl (C=O) groups is 2. The minimum Gasteiger partial charge on any atom is -0.347 e. The van der Waals surface area contributed by atoms with Crippen molar-refractivity contribution < 1.29 is 9.59 Å². The Balaban J connectivity index is 1.87. The molecule has 1 amide bonds. The van der Waals surface area contributed by atoms with Crippen LogP contribution in [0.1, 0.15) is 58.3 Å². The molecule has 2 saturated carbocycles. The molecule has 0 radical (unpaired) electrons. The second kappa shape index (κ2) is 8.78. The second-order valence-corrected chi connectivity index (χ2v) is 7.44. The number of hydrogen-bond acceptors (Lipinski definition) is 4. The van der Waals surface area contributed by atoms with Gasteiger partial charge in [0, 0.05) is 18.6 Å². The normalized spacial score (nSPS) is 26.1. The van der Waals surface area contributed by atoms with Crippen LogP contribution >= 0.6 is 0 Å². The van der Waals surface area contributed by atoms with Gasteiger partial charge in [0.25, 0.3) is 5.91 Å². The van der Waals surface area contributed by atoms with Crippen LogP contribution in [0.2, 0.25) is 0 Å². The highest BCUT2D eigenvalue weighted by Crippen LogP contribution is 2.27. The first-order valence-electron chi connectivity index (χ1n) is 9.27. The van der Waals surface area contributed by atoms with Gasteiger partial charge in [-0.05, 0) is 52.1 Å². The van der Waals surface area contributed by atoms with Crippen molar-refractivity contribution >= 4 is 11.7 Å². The summed E-state index contributed by atoms with van der Waals surface area (Å²) in [7, 11) is 4.28. The summed E-state index contributed by atoms with van der Waals surface area (Å²) in [5.41, 5.74) is 0. The first-order chi connectivity index (χ1) is 11.0. The van der Waals surface area contributed by atoms with E-state index in [9.17, 15) is 9.59 Å². The zero-order chi connectivity index (χ0) is 16.8. The summed E-state index contributed by atoms with van der Waals surface area (Å²) >= 11 is 0. The van der Waals surface area contributed by atoms with E-state index < -0.39 is 5.91 Å². The van der Waals surface area contributed by atoms with E-state index in [1.165, 1.54) is 25.7 Å². The smallest absolute Gasteiger partial charge is 0.289 e. The summed E-state index contributed by atoms with van der Waals surface area (Å²) in [5, 5.41) is 6.23. The molecule has 0 aromatic rings. The molecule has 0 bridgehead atoms. The largest absolute Gasteiger partial charge is 0.347 e. The van der Waals surface area contributed by atoms with E-state index in [4.69, 9.17) is 0 Å². The van der Waals surface area contributed by atoms with Crippen molar-refractivity contribution in [3.05, 3.63) is 0 Å². The lowest BCUT2D eigenvalue weighted by Crippen LogP contribution is -2.49. The fraction of sp³-hybridized carbons (Fsp3) is 0.889. The van der Waals surface area contributed by atoms with Crippen molar-refractivity contribution in [2.75, 3.05) is 20.6 Å². The molecule has 0 saturated heterocycles. The van der Waals surface area contributed by atoms with Crippen LogP contribution in [-0.2, 0) is 9.59 Å². The van der Waals surface area contributed by atoms with Gasteiger partial charge in [-0.25, -0.2) is 0 Å². The Morgan fingerprint density at radius 3 is 2.43 bits per heavy atom. The maximum atomic E-state index is 12.4. The van der Waals surface area contributed by atoms with Crippen molar-refractivity contribution in [1.82, 2.24) is 15.5 Å². The van der Waals surface area contributed by atoms with Crippen molar-refractivity contribution in [2.45, 2.75) is 76.4 Å². The third-order valence-corrected chi connectivity index (χ3v) is 5.19. The van der Waals surface area contributed by atoms with E-state index in [0.717, 1.165) is 32.2 Å². The van der Waals surface area contributed by atoms with Crippen LogP contribution < -0.4 is 10.6 Å². The summed E-state index contributed by atoms with van der Waals surface area (Å²) in [4.78, 5) is 26.7. The summed E-state index contributed by atoms with van der Waals surface area (Å²) in [6.45, 7) is 2.89. The van der Waals surface area contributed by atoms with Gasteiger partial charge in [0.2, 0.25) is 5.78 Å². The molecule has 132 valence electrons. The first-order valence-corrected chi connectivity index (χ1v) is 9.27. The fourth-order valence-corrected chi connectivity index (χ4v) is 3.66. The molecule has 23 heavy (non-hydrogen) atoms. The van der Waals surface area contributed by atoms with E-state index in [-0.39, 0.29) is 17.9 Å². The molecule has 0 spiro atoms. The Hall–Kier alpha value is -0.940. The van der Waals surface area contributed by atoms with Crippen molar-refractivity contribution in [3.63, 3.8) is 0 Å². The summed E-state index contributed by atoms with van der Waals surface area (Å²) in [6.07, 6.45) is 8.66. The summed E-state index contributed by atoms with van der Waals surface area (Å²) < 4.78 is 0. The number of nitrogens with zero attached hydrogens (tertiary/aromatic N) is 1. The molecule has 5 nitrogen and oxygen atoms in total. The number of amides is 1. The SMILES string of the molecule is CCCC(NC[C@@H]1CCCC[C@@H]1N(C)C)C(=O)C(=O)NC1CC1. The Morgan fingerprint density at radius 1 is 1.13 bits per heavy atom. The molecule has 2 fully saturated rings. The number of Topliss-reactive ketones (excluding diaryl/α,β-unsaturated/α-hetero) is 1. The van der Waals surface area contributed by atoms with E-state index in [1.807, 2.05) is 0 Å². The molecule has 2 N–H and O–H groups in total. The molecule has 1 unspecified atom stereocenters. The fourth-order valence-electron chi connectivity index (χ4n) is 3.66. The van der Waals surface area contributed by atoms with Gasteiger partial charge in [-0.2, -0.15) is 0 Å². The van der Waals surface area contributed by atoms with Gasteiger partial charge in [0.15, 0.2) is 0 Å². The molecule has 0 aliphatic heterocycles. The molecule has 0 aromatic carbocycles. The van der Waals surface area contributed by atoms with Gasteiger partial charge in [-0.3, -0.25) is 9.59 Å². The van der Waals surface area contributed by atoms with Crippen molar-refractivity contribution in [2.24, 2.45) is 5.92 Å². The molecule has 5 heteroatoms. The van der Waals surface area contributed by atoms with E-state index in [2.05, 4.69) is 36.6 Å². The predicted octanol–water partition coefficient (Wildman–Crippen LogP) is 1.71. The average Bonchev–Trinajstić information content (AvgIpc) is 3.34. The van der Waals surface area contributed by atoms with Crippen LogP contribution in [0.15, 0.2) is 0 Å². The zero-order valence-electron chi connectivity index (χ0n) is 14.9. The molecule has 3 atom stereocenters. The molecule has 0 aromatic heterocycles. The lowest BCUT2D eigenvalue weighted by molar-refractivity contribution is -0.139. The van der Waals surface area contributed by atoms with Crippen LogP contribution in [-0.4, -0.2) is 55.4 Å². The van der Waals surface area contributed by atoms with Gasteiger partial charge < -0.3 is 15.5 Å². The van der Waals surface area contributed by atoms with Crippen LogP contribution in [0.5, 0.6) is 0 Å². The molecule has 0 heterocycles. The third-order valence-electron chi connectivity index (χ3n) is 5.19. The van der Waals surface area contributed by atoms with E-state index in [0.29, 0.717) is 12.0 Å². The lowest BCUT2D eigenvalue weighted by atomic mass is 9.83. The molecule has 2 aliphatic carbocycles. The van der Waals surface area contributed by atoms with E-state index in [1.54, 1.807) is 0 Å². The van der Waals surface area contributed by atoms with E-state index >= 15 is 0 Å². The minimum absolute atomic E-state index is 0.241. The Kier molecular flexibility index (Phi) is 7.03. The molecular weight excluding hydrogens is 290 g/mol. The van der Waals surface area contributed by atoms with Crippen molar-refractivity contribution in [1.29, 1.82) is 0 Å². The van der Waals surface area contributed by atoms with Gasteiger partial charge >= 0.3 is 0 Å². The van der Waals surface area contributed by atoms with Crippen LogP contribution in [0.4, 0.5) is 0 Å². The molecular formula is C18H33N3O2. The third kappa shape index (κ3) is 5.57. The number of carbonyl (C=O) groups excluding carboxylic acids is 2.